The number of aryl methyl sites for hydroxylation is 1. The lowest BCUT2D eigenvalue weighted by molar-refractivity contribution is -0.116. The first-order chi connectivity index (χ1) is 13.1. The zero-order valence-electron chi connectivity index (χ0n) is 14.4. The van der Waals surface area contributed by atoms with Crippen molar-refractivity contribution in [1.82, 2.24) is 9.97 Å². The maximum atomic E-state index is 12.0. The molecule has 0 saturated heterocycles. The summed E-state index contributed by atoms with van der Waals surface area (Å²) in [6.07, 6.45) is 2.41. The second kappa shape index (κ2) is 9.10. The van der Waals surface area contributed by atoms with E-state index in [1.54, 1.807) is 43.0 Å². The molecule has 0 radical (unpaired) electrons. The predicted octanol–water partition coefficient (Wildman–Crippen LogP) is 3.82. The number of hydrogen-bond donors (Lipinski definition) is 3. The van der Waals surface area contributed by atoms with Crippen molar-refractivity contribution >= 4 is 50.6 Å². The highest BCUT2D eigenvalue weighted by atomic mass is 32.1. The smallest absolute Gasteiger partial charge is 0.325 e. The lowest BCUT2D eigenvalue weighted by atomic mass is 10.2. The Balaban J connectivity index is 1.45. The second-order valence-electron chi connectivity index (χ2n) is 5.34. The van der Waals surface area contributed by atoms with Gasteiger partial charge < -0.3 is 15.4 Å². The summed E-state index contributed by atoms with van der Waals surface area (Å²) in [5.41, 5.74) is 1.39. The number of rotatable bonds is 7. The maximum absolute atomic E-state index is 12.0. The van der Waals surface area contributed by atoms with Gasteiger partial charge in [-0.1, -0.05) is 0 Å². The van der Waals surface area contributed by atoms with Crippen molar-refractivity contribution in [2.45, 2.75) is 12.8 Å². The lowest BCUT2D eigenvalue weighted by Gasteiger charge is -2.06. The summed E-state index contributed by atoms with van der Waals surface area (Å²) in [5, 5.41) is 12.8. The molecule has 3 aromatic rings. The van der Waals surface area contributed by atoms with Gasteiger partial charge in [-0.3, -0.25) is 10.1 Å². The number of ether oxygens (including phenoxy) is 1. The number of carbonyl (C=O) groups is 2. The largest absolute Gasteiger partial charge is 0.497 e. The number of benzene rings is 1. The Morgan fingerprint density at radius 2 is 1.89 bits per heavy atom. The summed E-state index contributed by atoms with van der Waals surface area (Å²) in [6.45, 7) is 0. The highest BCUT2D eigenvalue weighted by Crippen LogP contribution is 2.19. The summed E-state index contributed by atoms with van der Waals surface area (Å²) < 4.78 is 5.07. The van der Waals surface area contributed by atoms with Gasteiger partial charge in [-0.05, 0) is 30.7 Å². The molecule has 0 aliphatic heterocycles. The molecule has 27 heavy (non-hydrogen) atoms. The average molecular weight is 403 g/mol. The lowest BCUT2D eigenvalue weighted by Crippen LogP contribution is -2.19. The monoisotopic (exact) mass is 403 g/mol. The number of urea groups is 1. The minimum atomic E-state index is -0.387. The number of nitrogens with one attached hydrogen (secondary N) is 3. The van der Waals surface area contributed by atoms with Crippen LogP contribution in [0.1, 0.15) is 12.1 Å². The molecule has 3 rings (SSSR count). The summed E-state index contributed by atoms with van der Waals surface area (Å²) in [4.78, 5) is 32.2. The zero-order chi connectivity index (χ0) is 19.1. The van der Waals surface area contributed by atoms with Crippen LogP contribution in [0, 0.1) is 0 Å². The summed E-state index contributed by atoms with van der Waals surface area (Å²) in [6, 6.07) is 6.61. The standard InChI is InChI=1S/C17H17N5O3S2/c1-25-13-5-2-11(3-6-13)19-15(24)22-17-20-12(10-27-17)4-7-14(23)21-16-18-8-9-26-16/h2-3,5-6,8-10H,4,7H2,1H3,(H,18,21,23)(H2,19,20,22,24). The maximum Gasteiger partial charge on any atom is 0.325 e. The Morgan fingerprint density at radius 1 is 1.07 bits per heavy atom. The van der Waals surface area contributed by atoms with Crippen molar-refractivity contribution in [2.24, 2.45) is 0 Å². The molecular weight excluding hydrogens is 386 g/mol. The van der Waals surface area contributed by atoms with Crippen LogP contribution in [0.3, 0.4) is 0 Å². The fourth-order valence-electron chi connectivity index (χ4n) is 2.12. The molecule has 0 atom stereocenters. The van der Waals surface area contributed by atoms with Gasteiger partial charge in [0, 0.05) is 29.1 Å². The van der Waals surface area contributed by atoms with Gasteiger partial charge in [0.05, 0.1) is 12.8 Å². The van der Waals surface area contributed by atoms with E-state index in [9.17, 15) is 9.59 Å². The van der Waals surface area contributed by atoms with Crippen LogP contribution in [0.25, 0.3) is 0 Å². The normalized spacial score (nSPS) is 10.3. The molecule has 0 spiro atoms. The van der Waals surface area contributed by atoms with E-state index in [-0.39, 0.29) is 11.9 Å². The zero-order valence-corrected chi connectivity index (χ0v) is 16.0. The SMILES string of the molecule is COc1ccc(NC(=O)Nc2nc(CCC(=O)Nc3nccs3)cs2)cc1. The number of methoxy groups -OCH3 is 1. The van der Waals surface area contributed by atoms with Gasteiger partial charge in [-0.15, -0.1) is 22.7 Å². The van der Waals surface area contributed by atoms with E-state index in [1.807, 2.05) is 5.38 Å². The molecule has 0 bridgehead atoms. The number of thiazole rings is 2. The summed E-state index contributed by atoms with van der Waals surface area (Å²) in [5.74, 6) is 0.592. The van der Waals surface area contributed by atoms with Crippen molar-refractivity contribution in [3.05, 3.63) is 46.9 Å². The van der Waals surface area contributed by atoms with Crippen LogP contribution in [-0.4, -0.2) is 29.0 Å². The molecule has 0 aliphatic carbocycles. The molecule has 2 aromatic heterocycles. The molecule has 140 valence electrons. The third-order valence-electron chi connectivity index (χ3n) is 3.41. The van der Waals surface area contributed by atoms with Crippen molar-refractivity contribution in [3.63, 3.8) is 0 Å². The van der Waals surface area contributed by atoms with Gasteiger partial charge in [0.25, 0.3) is 0 Å². The number of amides is 3. The molecule has 1 aromatic carbocycles. The number of hydrogen-bond acceptors (Lipinski definition) is 7. The average Bonchev–Trinajstić information content (AvgIpc) is 3.32. The molecule has 8 nitrogen and oxygen atoms in total. The quantitative estimate of drug-likeness (QED) is 0.556. The highest BCUT2D eigenvalue weighted by molar-refractivity contribution is 7.14. The Bertz CT molecular complexity index is 894. The van der Waals surface area contributed by atoms with E-state index in [1.165, 1.54) is 22.7 Å². The Kier molecular flexibility index (Phi) is 6.34. The number of carbonyl (C=O) groups excluding carboxylic acids is 2. The molecule has 0 aliphatic rings. The minimum Gasteiger partial charge on any atom is -0.497 e. The Labute approximate surface area is 163 Å². The molecule has 0 fully saturated rings. The topological polar surface area (TPSA) is 105 Å². The Hall–Kier alpha value is -2.98. The molecule has 0 saturated carbocycles. The summed E-state index contributed by atoms with van der Waals surface area (Å²) >= 11 is 2.67. The third kappa shape index (κ3) is 5.76. The van der Waals surface area contributed by atoms with Crippen LogP contribution < -0.4 is 20.7 Å². The van der Waals surface area contributed by atoms with E-state index in [2.05, 4.69) is 25.9 Å². The van der Waals surface area contributed by atoms with E-state index in [0.29, 0.717) is 34.5 Å². The molecule has 2 heterocycles. The van der Waals surface area contributed by atoms with Crippen molar-refractivity contribution in [1.29, 1.82) is 0 Å². The van der Waals surface area contributed by atoms with Crippen LogP contribution in [0.2, 0.25) is 0 Å². The van der Waals surface area contributed by atoms with Crippen LogP contribution in [0.4, 0.5) is 20.7 Å². The fourth-order valence-corrected chi connectivity index (χ4v) is 3.41. The number of aromatic nitrogens is 2. The van der Waals surface area contributed by atoms with Gasteiger partial charge in [-0.25, -0.2) is 14.8 Å². The van der Waals surface area contributed by atoms with Crippen molar-refractivity contribution in [3.8, 4) is 5.75 Å². The molecule has 0 unspecified atom stereocenters. The highest BCUT2D eigenvalue weighted by Gasteiger charge is 2.09. The third-order valence-corrected chi connectivity index (χ3v) is 4.90. The van der Waals surface area contributed by atoms with E-state index in [4.69, 9.17) is 4.74 Å². The van der Waals surface area contributed by atoms with Gasteiger partial charge in [0.2, 0.25) is 5.91 Å². The van der Waals surface area contributed by atoms with Crippen molar-refractivity contribution < 1.29 is 14.3 Å². The van der Waals surface area contributed by atoms with Gasteiger partial charge in [0.15, 0.2) is 10.3 Å². The fraction of sp³-hybridized carbons (Fsp3) is 0.176. The molecular formula is C17H17N5O3S2. The van der Waals surface area contributed by atoms with Crippen LogP contribution in [-0.2, 0) is 11.2 Å². The number of anilines is 3. The summed E-state index contributed by atoms with van der Waals surface area (Å²) in [7, 11) is 1.58. The van der Waals surface area contributed by atoms with Gasteiger partial charge in [0.1, 0.15) is 5.75 Å². The van der Waals surface area contributed by atoms with E-state index >= 15 is 0 Å². The Morgan fingerprint density at radius 3 is 2.59 bits per heavy atom. The second-order valence-corrected chi connectivity index (χ2v) is 7.09. The number of nitrogens with zero attached hydrogens (tertiary/aromatic N) is 2. The first kappa shape index (κ1) is 18.8. The van der Waals surface area contributed by atoms with Crippen molar-refractivity contribution in [2.75, 3.05) is 23.1 Å². The van der Waals surface area contributed by atoms with Crippen LogP contribution >= 0.6 is 22.7 Å². The molecule has 3 N–H and O–H groups in total. The predicted molar refractivity (Wildman–Crippen MR) is 107 cm³/mol. The first-order valence-corrected chi connectivity index (χ1v) is 9.74. The van der Waals surface area contributed by atoms with E-state index in [0.717, 1.165) is 5.69 Å². The van der Waals surface area contributed by atoms with E-state index < -0.39 is 0 Å². The van der Waals surface area contributed by atoms with Crippen LogP contribution in [0.15, 0.2) is 41.2 Å². The minimum absolute atomic E-state index is 0.121. The molecule has 10 heteroatoms. The van der Waals surface area contributed by atoms with Crippen LogP contribution in [0.5, 0.6) is 5.75 Å². The van der Waals surface area contributed by atoms with Gasteiger partial charge in [-0.2, -0.15) is 0 Å². The van der Waals surface area contributed by atoms with Gasteiger partial charge >= 0.3 is 6.03 Å². The first-order valence-electron chi connectivity index (χ1n) is 7.98. The molecule has 3 amide bonds.